The summed E-state index contributed by atoms with van der Waals surface area (Å²) in [6, 6.07) is 5.87. The fraction of sp³-hybridized carbons (Fsp3) is 0.231. The zero-order valence-corrected chi connectivity index (χ0v) is 11.9. The summed E-state index contributed by atoms with van der Waals surface area (Å²) in [6.45, 7) is 2.53. The second-order valence-electron chi connectivity index (χ2n) is 4.51. The van der Waals surface area contributed by atoms with E-state index in [0.717, 1.165) is 41.2 Å². The van der Waals surface area contributed by atoms with Crippen molar-refractivity contribution in [2.24, 2.45) is 5.73 Å². The molecule has 0 saturated carbocycles. The molecule has 0 unspecified atom stereocenters. The maximum absolute atomic E-state index is 7.75. The molecule has 0 fully saturated rings. The number of nitrogens with two attached hydrogens (primary N) is 1. The van der Waals surface area contributed by atoms with Crippen molar-refractivity contribution in [3.05, 3.63) is 46.5 Å². The summed E-state index contributed by atoms with van der Waals surface area (Å²) in [5, 5.41) is 7.75. The van der Waals surface area contributed by atoms with Gasteiger partial charge in [0.2, 0.25) is 0 Å². The summed E-state index contributed by atoms with van der Waals surface area (Å²) in [5.41, 5.74) is 7.44. The van der Waals surface area contributed by atoms with Crippen LogP contribution < -0.4 is 10.6 Å². The minimum atomic E-state index is 0.0800. The smallest absolute Gasteiger partial charge is 0.128 e. The van der Waals surface area contributed by atoms with Gasteiger partial charge in [0.15, 0.2) is 0 Å². The number of anilines is 1. The Morgan fingerprint density at radius 1 is 1.37 bits per heavy atom. The fourth-order valence-electron chi connectivity index (χ4n) is 2.42. The number of rotatable bonds is 2. The van der Waals surface area contributed by atoms with Crippen LogP contribution in [0.1, 0.15) is 11.4 Å². The lowest BCUT2D eigenvalue weighted by molar-refractivity contribution is 0.560. The summed E-state index contributed by atoms with van der Waals surface area (Å²) < 4.78 is 3.01. The molecule has 0 radical (unpaired) electrons. The highest BCUT2D eigenvalue weighted by molar-refractivity contribution is 9.10. The topological polar surface area (TPSA) is 70.9 Å². The molecular weight excluding hydrogens is 306 g/mol. The molecule has 1 aliphatic rings. The predicted octanol–water partition coefficient (Wildman–Crippen LogP) is 1.95. The maximum Gasteiger partial charge on any atom is 0.128 e. The van der Waals surface area contributed by atoms with Gasteiger partial charge in [-0.1, -0.05) is 6.07 Å². The highest BCUT2D eigenvalue weighted by Gasteiger charge is 2.21. The van der Waals surface area contributed by atoms with Gasteiger partial charge < -0.3 is 15.2 Å². The van der Waals surface area contributed by atoms with E-state index >= 15 is 0 Å². The first-order valence-electron chi connectivity index (χ1n) is 6.04. The minimum absolute atomic E-state index is 0.0800. The molecule has 0 aliphatic carbocycles. The van der Waals surface area contributed by atoms with Gasteiger partial charge in [0, 0.05) is 35.6 Å². The van der Waals surface area contributed by atoms with Crippen LogP contribution in [0.15, 0.2) is 35.1 Å². The third-order valence-electron chi connectivity index (χ3n) is 3.35. The monoisotopic (exact) mass is 319 g/mol. The summed E-state index contributed by atoms with van der Waals surface area (Å²) >= 11 is 3.47. The number of hydrogen-bond donors (Lipinski definition) is 2. The van der Waals surface area contributed by atoms with Crippen LogP contribution in [0.5, 0.6) is 0 Å². The maximum atomic E-state index is 7.75. The van der Waals surface area contributed by atoms with Crippen LogP contribution in [-0.2, 0) is 13.1 Å². The molecule has 5 nitrogen and oxygen atoms in total. The molecule has 0 spiro atoms. The summed E-state index contributed by atoms with van der Waals surface area (Å²) in [7, 11) is 0. The van der Waals surface area contributed by atoms with Crippen molar-refractivity contribution in [3.8, 4) is 0 Å². The Labute approximate surface area is 119 Å². The van der Waals surface area contributed by atoms with Crippen molar-refractivity contribution in [1.29, 1.82) is 5.41 Å². The van der Waals surface area contributed by atoms with Crippen molar-refractivity contribution in [3.63, 3.8) is 0 Å². The van der Waals surface area contributed by atoms with Gasteiger partial charge in [-0.3, -0.25) is 5.41 Å². The molecule has 2 aromatic rings. The fourth-order valence-corrected chi connectivity index (χ4v) is 2.99. The number of halogens is 1. The molecule has 19 heavy (non-hydrogen) atoms. The first-order chi connectivity index (χ1) is 9.16. The third-order valence-corrected chi connectivity index (χ3v) is 4.01. The predicted molar refractivity (Wildman–Crippen MR) is 78.4 cm³/mol. The zero-order chi connectivity index (χ0) is 13.4. The summed E-state index contributed by atoms with van der Waals surface area (Å²) in [4.78, 5) is 6.57. The van der Waals surface area contributed by atoms with Crippen molar-refractivity contribution in [1.82, 2.24) is 9.55 Å². The van der Waals surface area contributed by atoms with Gasteiger partial charge in [-0.25, -0.2) is 4.98 Å². The van der Waals surface area contributed by atoms with E-state index in [1.165, 1.54) is 0 Å². The third kappa shape index (κ3) is 2.12. The Morgan fingerprint density at radius 2 is 2.21 bits per heavy atom. The molecular formula is C13H14BrN5. The molecule has 3 rings (SSSR count). The van der Waals surface area contributed by atoms with Crippen molar-refractivity contribution in [2.75, 3.05) is 11.4 Å². The number of amidine groups is 1. The minimum Gasteiger partial charge on any atom is -0.384 e. The Balaban J connectivity index is 2.00. The molecule has 3 N–H and O–H groups in total. The number of fused-ring (bicyclic) bond motifs is 1. The quantitative estimate of drug-likeness (QED) is 0.656. The van der Waals surface area contributed by atoms with Crippen molar-refractivity contribution >= 4 is 27.5 Å². The summed E-state index contributed by atoms with van der Waals surface area (Å²) in [6.07, 6.45) is 3.82. The summed E-state index contributed by atoms with van der Waals surface area (Å²) in [5.74, 6) is 1.12. The zero-order valence-electron chi connectivity index (χ0n) is 10.3. The van der Waals surface area contributed by atoms with E-state index in [2.05, 4.69) is 30.4 Å². The molecule has 1 aromatic carbocycles. The second-order valence-corrected chi connectivity index (χ2v) is 5.36. The van der Waals surface area contributed by atoms with Crippen LogP contribution in [0.4, 0.5) is 5.69 Å². The number of nitrogens with zero attached hydrogens (tertiary/aromatic N) is 3. The van der Waals surface area contributed by atoms with Crippen LogP contribution in [0, 0.1) is 5.41 Å². The number of benzene rings is 1. The normalized spacial score (nSPS) is 14.3. The van der Waals surface area contributed by atoms with E-state index in [1.807, 2.05) is 30.6 Å². The van der Waals surface area contributed by atoms with Gasteiger partial charge in [0.25, 0.3) is 0 Å². The van der Waals surface area contributed by atoms with E-state index in [-0.39, 0.29) is 5.84 Å². The molecule has 0 saturated heterocycles. The highest BCUT2D eigenvalue weighted by Crippen LogP contribution is 2.29. The first kappa shape index (κ1) is 12.2. The number of imidazole rings is 1. The van der Waals surface area contributed by atoms with Gasteiger partial charge in [0.1, 0.15) is 11.7 Å². The lowest BCUT2D eigenvalue weighted by Gasteiger charge is -2.31. The molecule has 1 aliphatic heterocycles. The molecule has 0 bridgehead atoms. The van der Waals surface area contributed by atoms with Crippen LogP contribution >= 0.6 is 15.9 Å². The van der Waals surface area contributed by atoms with Gasteiger partial charge in [-0.2, -0.15) is 0 Å². The van der Waals surface area contributed by atoms with Crippen LogP contribution in [0.3, 0.4) is 0 Å². The average Bonchev–Trinajstić information content (AvgIpc) is 2.85. The SMILES string of the molecule is N=C(N)c1c(Br)cccc1N1CCn2ccnc2C1. The Morgan fingerprint density at radius 3 is 3.00 bits per heavy atom. The number of aromatic nitrogens is 2. The number of hydrogen-bond acceptors (Lipinski definition) is 3. The molecule has 6 heteroatoms. The van der Waals surface area contributed by atoms with Gasteiger partial charge in [0.05, 0.1) is 12.1 Å². The van der Waals surface area contributed by atoms with E-state index < -0.39 is 0 Å². The molecule has 98 valence electrons. The van der Waals surface area contributed by atoms with Gasteiger partial charge in [-0.15, -0.1) is 0 Å². The Hall–Kier alpha value is -1.82. The van der Waals surface area contributed by atoms with Crippen molar-refractivity contribution < 1.29 is 0 Å². The van der Waals surface area contributed by atoms with Gasteiger partial charge >= 0.3 is 0 Å². The van der Waals surface area contributed by atoms with E-state index in [0.29, 0.717) is 0 Å². The standard InChI is InChI=1S/C13H14BrN5/c14-9-2-1-3-10(12(9)13(15)16)19-7-6-18-5-4-17-11(18)8-19/h1-5H,6-8H2,(H3,15,16). The Bertz CT molecular complexity index is 634. The molecule has 2 heterocycles. The number of nitrogen functional groups attached to an aromatic ring is 1. The van der Waals surface area contributed by atoms with Crippen LogP contribution in [0.25, 0.3) is 0 Å². The lowest BCUT2D eigenvalue weighted by Crippen LogP contribution is -2.35. The van der Waals surface area contributed by atoms with Crippen molar-refractivity contribution in [2.45, 2.75) is 13.1 Å². The van der Waals surface area contributed by atoms with Crippen LogP contribution in [0.2, 0.25) is 0 Å². The second kappa shape index (κ2) is 4.70. The van der Waals surface area contributed by atoms with E-state index in [4.69, 9.17) is 11.1 Å². The van der Waals surface area contributed by atoms with Crippen LogP contribution in [-0.4, -0.2) is 21.9 Å². The molecule has 0 amide bonds. The molecule has 0 atom stereocenters. The molecule has 1 aromatic heterocycles. The lowest BCUT2D eigenvalue weighted by atomic mass is 10.1. The Kier molecular flexibility index (Phi) is 3.02. The first-order valence-corrected chi connectivity index (χ1v) is 6.84. The van der Waals surface area contributed by atoms with E-state index in [1.54, 1.807) is 0 Å². The number of nitrogens with one attached hydrogen (secondary N) is 1. The average molecular weight is 320 g/mol. The van der Waals surface area contributed by atoms with Gasteiger partial charge in [-0.05, 0) is 28.1 Å². The largest absolute Gasteiger partial charge is 0.384 e. The highest BCUT2D eigenvalue weighted by atomic mass is 79.9. The van der Waals surface area contributed by atoms with E-state index in [9.17, 15) is 0 Å².